The lowest BCUT2D eigenvalue weighted by Gasteiger charge is -2.17. The Labute approximate surface area is 156 Å². The lowest BCUT2D eigenvalue weighted by atomic mass is 9.98. The van der Waals surface area contributed by atoms with Crippen molar-refractivity contribution < 1.29 is 23.7 Å². The molecule has 0 N–H and O–H groups in total. The first-order valence-corrected chi connectivity index (χ1v) is 8.02. The molecule has 0 aromatic heterocycles. The van der Waals surface area contributed by atoms with Crippen LogP contribution in [0.2, 0.25) is 10.0 Å². The van der Waals surface area contributed by atoms with Gasteiger partial charge in [0.2, 0.25) is 5.78 Å². The molecule has 0 unspecified atom stereocenters. The van der Waals surface area contributed by atoms with E-state index in [2.05, 4.69) is 0 Å². The van der Waals surface area contributed by atoms with Crippen LogP contribution < -0.4 is 18.9 Å². The lowest BCUT2D eigenvalue weighted by molar-refractivity contribution is 0.103. The summed E-state index contributed by atoms with van der Waals surface area (Å²) in [6.45, 7) is 1.88. The molecule has 134 valence electrons. The summed E-state index contributed by atoms with van der Waals surface area (Å²) in [5, 5.41) is 0.313. The zero-order chi connectivity index (χ0) is 18.7. The van der Waals surface area contributed by atoms with E-state index in [1.165, 1.54) is 34.5 Å². The van der Waals surface area contributed by atoms with Gasteiger partial charge in [0.1, 0.15) is 22.1 Å². The second-order valence-electron chi connectivity index (χ2n) is 5.16. The molecule has 0 spiro atoms. The van der Waals surface area contributed by atoms with E-state index in [9.17, 15) is 4.79 Å². The summed E-state index contributed by atoms with van der Waals surface area (Å²) in [5.74, 6) is 0.771. The van der Waals surface area contributed by atoms with Crippen LogP contribution in [0.15, 0.2) is 18.2 Å². The molecule has 0 aliphatic carbocycles. The first-order chi connectivity index (χ1) is 11.9. The second-order valence-corrected chi connectivity index (χ2v) is 5.95. The highest BCUT2D eigenvalue weighted by molar-refractivity contribution is 6.39. The van der Waals surface area contributed by atoms with Crippen molar-refractivity contribution in [3.8, 4) is 23.0 Å². The first kappa shape index (κ1) is 19.2. The number of ketones is 1. The molecule has 5 nitrogen and oxygen atoms in total. The van der Waals surface area contributed by atoms with Gasteiger partial charge in [-0.1, -0.05) is 23.2 Å². The van der Waals surface area contributed by atoms with Crippen molar-refractivity contribution >= 4 is 29.0 Å². The molecule has 0 fully saturated rings. The van der Waals surface area contributed by atoms with Gasteiger partial charge in [0, 0.05) is 0 Å². The average molecular weight is 385 g/mol. The Hall–Kier alpha value is -2.11. The molecule has 0 aliphatic rings. The molecular formula is C18H18Cl2O5. The summed E-state index contributed by atoms with van der Waals surface area (Å²) in [4.78, 5) is 13.2. The van der Waals surface area contributed by atoms with Crippen LogP contribution in [-0.4, -0.2) is 34.2 Å². The maximum atomic E-state index is 13.2. The van der Waals surface area contributed by atoms with Gasteiger partial charge in [-0.15, -0.1) is 0 Å². The zero-order valence-corrected chi connectivity index (χ0v) is 16.0. The third-order valence-corrected chi connectivity index (χ3v) is 4.29. The number of rotatable bonds is 6. The van der Waals surface area contributed by atoms with Crippen molar-refractivity contribution in [3.63, 3.8) is 0 Å². The molecule has 7 heteroatoms. The van der Waals surface area contributed by atoms with E-state index in [0.29, 0.717) is 11.5 Å². The Bertz CT molecular complexity index is 793. The van der Waals surface area contributed by atoms with Gasteiger partial charge in [-0.3, -0.25) is 4.79 Å². The molecule has 2 rings (SSSR count). The van der Waals surface area contributed by atoms with Gasteiger partial charge in [0.25, 0.3) is 0 Å². The summed E-state index contributed by atoms with van der Waals surface area (Å²) in [7, 11) is 5.81. The third-order valence-electron chi connectivity index (χ3n) is 3.66. The first-order valence-electron chi connectivity index (χ1n) is 7.26. The molecule has 0 heterocycles. The monoisotopic (exact) mass is 384 g/mol. The predicted molar refractivity (Wildman–Crippen MR) is 97.3 cm³/mol. The van der Waals surface area contributed by atoms with Crippen LogP contribution in [0.1, 0.15) is 21.5 Å². The van der Waals surface area contributed by atoms with E-state index < -0.39 is 5.78 Å². The average Bonchev–Trinajstić information content (AvgIpc) is 2.60. The molecule has 0 saturated carbocycles. The van der Waals surface area contributed by atoms with Crippen molar-refractivity contribution in [3.05, 3.63) is 44.9 Å². The smallest absolute Gasteiger partial charge is 0.204 e. The number of hydrogen-bond donors (Lipinski definition) is 0. The number of methoxy groups -OCH3 is 4. The molecule has 2 aromatic carbocycles. The van der Waals surface area contributed by atoms with Crippen molar-refractivity contribution in [2.45, 2.75) is 6.92 Å². The number of hydrogen-bond acceptors (Lipinski definition) is 5. The number of carbonyl (C=O) groups is 1. The quantitative estimate of drug-likeness (QED) is 0.682. The molecule has 0 atom stereocenters. The highest BCUT2D eigenvalue weighted by Crippen LogP contribution is 2.44. The maximum absolute atomic E-state index is 13.2. The van der Waals surface area contributed by atoms with Crippen molar-refractivity contribution in [1.29, 1.82) is 0 Å². The SMILES string of the molecule is COc1cc(C)cc(OC)c1C(=O)c1cc(Cl)c(OC)c(Cl)c1OC. The minimum Gasteiger partial charge on any atom is -0.496 e. The highest BCUT2D eigenvalue weighted by atomic mass is 35.5. The van der Waals surface area contributed by atoms with E-state index in [1.54, 1.807) is 12.1 Å². The van der Waals surface area contributed by atoms with Gasteiger partial charge in [0.15, 0.2) is 11.5 Å². The minimum atomic E-state index is -0.392. The van der Waals surface area contributed by atoms with Crippen molar-refractivity contribution in [2.24, 2.45) is 0 Å². The zero-order valence-electron chi connectivity index (χ0n) is 14.5. The van der Waals surface area contributed by atoms with Crippen LogP contribution in [0.5, 0.6) is 23.0 Å². The van der Waals surface area contributed by atoms with Crippen LogP contribution >= 0.6 is 23.2 Å². The van der Waals surface area contributed by atoms with Gasteiger partial charge in [-0.2, -0.15) is 0 Å². The maximum Gasteiger partial charge on any atom is 0.204 e. The molecule has 25 heavy (non-hydrogen) atoms. The van der Waals surface area contributed by atoms with E-state index in [-0.39, 0.29) is 32.7 Å². The van der Waals surface area contributed by atoms with E-state index >= 15 is 0 Å². The molecule has 0 amide bonds. The minimum absolute atomic E-state index is 0.117. The number of ether oxygens (including phenoxy) is 4. The fourth-order valence-electron chi connectivity index (χ4n) is 2.54. The van der Waals surface area contributed by atoms with Gasteiger partial charge >= 0.3 is 0 Å². The molecule has 0 saturated heterocycles. The number of halogens is 2. The fourth-order valence-corrected chi connectivity index (χ4v) is 3.23. The molecule has 2 aromatic rings. The van der Waals surface area contributed by atoms with Crippen molar-refractivity contribution in [2.75, 3.05) is 28.4 Å². The topological polar surface area (TPSA) is 54.0 Å². The van der Waals surface area contributed by atoms with Crippen LogP contribution in [0.3, 0.4) is 0 Å². The summed E-state index contributed by atoms with van der Waals surface area (Å²) in [6.07, 6.45) is 0. The van der Waals surface area contributed by atoms with Crippen molar-refractivity contribution in [1.82, 2.24) is 0 Å². The number of carbonyl (C=O) groups excluding carboxylic acids is 1. The lowest BCUT2D eigenvalue weighted by Crippen LogP contribution is -2.09. The molecule has 0 aliphatic heterocycles. The fraction of sp³-hybridized carbons (Fsp3) is 0.278. The largest absolute Gasteiger partial charge is 0.496 e. The van der Waals surface area contributed by atoms with E-state index in [0.717, 1.165) is 5.56 Å². The Morgan fingerprint density at radius 2 is 1.36 bits per heavy atom. The Morgan fingerprint density at radius 3 is 1.80 bits per heavy atom. The van der Waals surface area contributed by atoms with Crippen LogP contribution in [0.4, 0.5) is 0 Å². The van der Waals surface area contributed by atoms with Gasteiger partial charge in [-0.25, -0.2) is 0 Å². The van der Waals surface area contributed by atoms with Crippen LogP contribution in [0, 0.1) is 6.92 Å². The predicted octanol–water partition coefficient (Wildman–Crippen LogP) is 4.57. The normalized spacial score (nSPS) is 10.4. The van der Waals surface area contributed by atoms with Crippen LogP contribution in [-0.2, 0) is 0 Å². The third kappa shape index (κ3) is 3.48. The van der Waals surface area contributed by atoms with E-state index in [1.807, 2.05) is 6.92 Å². The molecule has 0 bridgehead atoms. The van der Waals surface area contributed by atoms with Gasteiger partial charge < -0.3 is 18.9 Å². The summed E-state index contributed by atoms with van der Waals surface area (Å²) in [5.41, 5.74) is 1.33. The summed E-state index contributed by atoms with van der Waals surface area (Å²) >= 11 is 12.5. The highest BCUT2D eigenvalue weighted by Gasteiger charge is 2.27. The Kier molecular flexibility index (Phi) is 6.03. The Balaban J connectivity index is 2.75. The second kappa shape index (κ2) is 7.85. The summed E-state index contributed by atoms with van der Waals surface area (Å²) in [6, 6.07) is 4.94. The molecular weight excluding hydrogens is 367 g/mol. The van der Waals surface area contributed by atoms with Crippen LogP contribution in [0.25, 0.3) is 0 Å². The number of benzene rings is 2. The van der Waals surface area contributed by atoms with E-state index in [4.69, 9.17) is 42.1 Å². The molecule has 0 radical (unpaired) electrons. The number of aryl methyl sites for hydroxylation is 1. The summed E-state index contributed by atoms with van der Waals surface area (Å²) < 4.78 is 21.2. The van der Waals surface area contributed by atoms with Gasteiger partial charge in [0.05, 0.1) is 39.0 Å². The standard InChI is InChI=1S/C18H18Cl2O5/c1-9-6-12(22-2)14(13(7-9)23-3)16(21)10-8-11(19)18(25-5)15(20)17(10)24-4/h6-8H,1-5H3. The van der Waals surface area contributed by atoms with Gasteiger partial charge in [-0.05, 0) is 30.7 Å². The Morgan fingerprint density at radius 1 is 0.840 bits per heavy atom.